The second kappa shape index (κ2) is 3.77. The molecule has 1 aliphatic rings. The van der Waals surface area contributed by atoms with Crippen molar-refractivity contribution in [1.29, 1.82) is 5.26 Å². The fraction of sp³-hybridized carbons (Fsp3) is 0.455. The van der Waals surface area contributed by atoms with Gasteiger partial charge in [0.05, 0.1) is 5.56 Å². The molecule has 3 nitrogen and oxygen atoms in total. The first-order valence-corrected chi connectivity index (χ1v) is 4.81. The largest absolute Gasteiger partial charge is 0.306 e. The Morgan fingerprint density at radius 1 is 1.57 bits per heavy atom. The lowest BCUT2D eigenvalue weighted by molar-refractivity contribution is 0.134. The maximum absolute atomic E-state index is 8.61. The smallest absolute Gasteiger partial charge is 0.101 e. The topological polar surface area (TPSA) is 39.9 Å². The molecule has 2 rings (SSSR count). The Hall–Kier alpha value is -1.40. The van der Waals surface area contributed by atoms with Crippen LogP contribution in [0.1, 0.15) is 11.3 Å². The molecule has 1 fully saturated rings. The van der Waals surface area contributed by atoms with E-state index in [0.29, 0.717) is 5.56 Å². The van der Waals surface area contributed by atoms with Crippen LogP contribution in [0.15, 0.2) is 18.3 Å². The molecule has 3 heteroatoms. The molecular formula is C11H13N3. The van der Waals surface area contributed by atoms with E-state index in [9.17, 15) is 0 Å². The van der Waals surface area contributed by atoms with Crippen LogP contribution in [0.25, 0.3) is 0 Å². The Labute approximate surface area is 84.0 Å². The zero-order chi connectivity index (χ0) is 9.97. The van der Waals surface area contributed by atoms with Crippen LogP contribution in [-0.4, -0.2) is 30.0 Å². The zero-order valence-corrected chi connectivity index (χ0v) is 8.27. The second-order valence-electron chi connectivity index (χ2n) is 3.94. The van der Waals surface area contributed by atoms with Crippen molar-refractivity contribution in [2.45, 2.75) is 6.42 Å². The highest BCUT2D eigenvalue weighted by Gasteiger charge is 2.23. The molecule has 0 aliphatic carbocycles. The molecule has 0 atom stereocenters. The summed E-state index contributed by atoms with van der Waals surface area (Å²) in [5.41, 5.74) is 1.74. The van der Waals surface area contributed by atoms with E-state index in [1.807, 2.05) is 12.1 Å². The van der Waals surface area contributed by atoms with Crippen LogP contribution in [0, 0.1) is 17.2 Å². The van der Waals surface area contributed by atoms with Crippen LogP contribution >= 0.6 is 0 Å². The van der Waals surface area contributed by atoms with Crippen LogP contribution in [0.3, 0.4) is 0 Å². The van der Waals surface area contributed by atoms with E-state index in [4.69, 9.17) is 5.26 Å². The fourth-order valence-corrected chi connectivity index (χ4v) is 1.86. The Morgan fingerprint density at radius 2 is 2.36 bits per heavy atom. The molecule has 0 saturated carbocycles. The minimum atomic E-state index is 0.638. The van der Waals surface area contributed by atoms with Gasteiger partial charge in [-0.2, -0.15) is 5.26 Å². The van der Waals surface area contributed by atoms with Crippen LogP contribution < -0.4 is 0 Å². The van der Waals surface area contributed by atoms with E-state index >= 15 is 0 Å². The summed E-state index contributed by atoms with van der Waals surface area (Å²) in [6.45, 7) is 2.34. The third-order valence-electron chi connectivity index (χ3n) is 2.59. The third-order valence-corrected chi connectivity index (χ3v) is 2.59. The molecule has 1 aliphatic heterocycles. The summed E-state index contributed by atoms with van der Waals surface area (Å²) in [7, 11) is 2.13. The monoisotopic (exact) mass is 187 g/mol. The number of pyridine rings is 1. The molecular weight excluding hydrogens is 174 g/mol. The van der Waals surface area contributed by atoms with Crippen LogP contribution in [0.5, 0.6) is 0 Å². The highest BCUT2D eigenvalue weighted by molar-refractivity contribution is 5.26. The zero-order valence-electron chi connectivity index (χ0n) is 8.27. The average molecular weight is 187 g/mol. The Morgan fingerprint density at radius 3 is 2.86 bits per heavy atom. The van der Waals surface area contributed by atoms with Gasteiger partial charge < -0.3 is 4.90 Å². The molecule has 14 heavy (non-hydrogen) atoms. The summed E-state index contributed by atoms with van der Waals surface area (Å²) >= 11 is 0. The number of rotatable bonds is 2. The third kappa shape index (κ3) is 1.91. The van der Waals surface area contributed by atoms with Crippen molar-refractivity contribution >= 4 is 0 Å². The summed E-state index contributed by atoms with van der Waals surface area (Å²) in [5, 5.41) is 8.61. The summed E-state index contributed by atoms with van der Waals surface area (Å²) in [5.74, 6) is 0.750. The lowest BCUT2D eigenvalue weighted by Gasteiger charge is -2.36. The van der Waals surface area contributed by atoms with E-state index in [-0.39, 0.29) is 0 Å². The molecule has 1 aromatic rings. The Balaban J connectivity index is 1.94. The molecule has 0 spiro atoms. The normalized spacial score (nSPS) is 17.4. The highest BCUT2D eigenvalue weighted by atomic mass is 15.2. The lowest BCUT2D eigenvalue weighted by atomic mass is 9.95. The van der Waals surface area contributed by atoms with E-state index in [1.54, 1.807) is 6.20 Å². The first kappa shape index (κ1) is 9.17. The van der Waals surface area contributed by atoms with E-state index in [1.165, 1.54) is 13.1 Å². The van der Waals surface area contributed by atoms with Gasteiger partial charge in [0.2, 0.25) is 0 Å². The Bertz CT molecular complexity index is 344. The van der Waals surface area contributed by atoms with Crippen LogP contribution in [0.4, 0.5) is 0 Å². The fourth-order valence-electron chi connectivity index (χ4n) is 1.86. The van der Waals surface area contributed by atoms with Crippen LogP contribution in [0.2, 0.25) is 0 Å². The number of nitrogens with zero attached hydrogens (tertiary/aromatic N) is 3. The van der Waals surface area contributed by atoms with Crippen molar-refractivity contribution in [2.24, 2.45) is 5.92 Å². The van der Waals surface area contributed by atoms with Gasteiger partial charge in [-0.05, 0) is 31.5 Å². The SMILES string of the molecule is CN1CC(Cc2ccc(C#N)cn2)C1. The quantitative estimate of drug-likeness (QED) is 0.695. The van der Waals surface area contributed by atoms with Gasteiger partial charge in [-0.15, -0.1) is 0 Å². The first-order valence-electron chi connectivity index (χ1n) is 4.81. The van der Waals surface area contributed by atoms with Gasteiger partial charge in [-0.25, -0.2) is 0 Å². The molecule has 72 valence electrons. The van der Waals surface area contributed by atoms with Gasteiger partial charge in [0.25, 0.3) is 0 Å². The molecule has 0 bridgehead atoms. The predicted octanol–water partition coefficient (Wildman–Crippen LogP) is 1.06. The minimum Gasteiger partial charge on any atom is -0.306 e. The van der Waals surface area contributed by atoms with Gasteiger partial charge in [0.1, 0.15) is 6.07 Å². The number of hydrogen-bond donors (Lipinski definition) is 0. The molecule has 0 unspecified atom stereocenters. The highest BCUT2D eigenvalue weighted by Crippen LogP contribution is 2.17. The predicted molar refractivity (Wildman–Crippen MR) is 53.6 cm³/mol. The number of aromatic nitrogens is 1. The summed E-state index contributed by atoms with van der Waals surface area (Å²) in [6, 6.07) is 5.87. The molecule has 0 amide bonds. The summed E-state index contributed by atoms with van der Waals surface area (Å²) in [4.78, 5) is 6.56. The first-order chi connectivity index (χ1) is 6.78. The van der Waals surface area contributed by atoms with E-state index < -0.39 is 0 Å². The summed E-state index contributed by atoms with van der Waals surface area (Å²) < 4.78 is 0. The van der Waals surface area contributed by atoms with E-state index in [2.05, 4.69) is 23.0 Å². The molecule has 0 aromatic carbocycles. The van der Waals surface area contributed by atoms with Gasteiger partial charge in [-0.1, -0.05) is 0 Å². The molecule has 2 heterocycles. The van der Waals surface area contributed by atoms with Crippen molar-refractivity contribution in [2.75, 3.05) is 20.1 Å². The minimum absolute atomic E-state index is 0.638. The number of likely N-dealkylation sites (tertiary alicyclic amines) is 1. The molecule has 1 aromatic heterocycles. The van der Waals surface area contributed by atoms with Gasteiger partial charge >= 0.3 is 0 Å². The van der Waals surface area contributed by atoms with Gasteiger partial charge in [0.15, 0.2) is 0 Å². The summed E-state index contributed by atoms with van der Waals surface area (Å²) in [6.07, 6.45) is 2.69. The van der Waals surface area contributed by atoms with Crippen molar-refractivity contribution < 1.29 is 0 Å². The molecule has 1 saturated heterocycles. The Kier molecular flexibility index (Phi) is 2.47. The average Bonchev–Trinajstić information content (AvgIpc) is 2.17. The maximum Gasteiger partial charge on any atom is 0.101 e. The van der Waals surface area contributed by atoms with Crippen molar-refractivity contribution in [3.8, 4) is 6.07 Å². The number of nitriles is 1. The van der Waals surface area contributed by atoms with E-state index in [0.717, 1.165) is 18.0 Å². The molecule has 0 N–H and O–H groups in total. The lowest BCUT2D eigenvalue weighted by Crippen LogP contribution is -2.44. The standard InChI is InChI=1S/C11H13N3/c1-14-7-10(8-14)4-11-3-2-9(5-12)6-13-11/h2-3,6,10H,4,7-8H2,1H3. The van der Waals surface area contributed by atoms with Crippen molar-refractivity contribution in [1.82, 2.24) is 9.88 Å². The molecule has 0 radical (unpaired) electrons. The van der Waals surface area contributed by atoms with Crippen molar-refractivity contribution in [3.63, 3.8) is 0 Å². The maximum atomic E-state index is 8.61. The number of hydrogen-bond acceptors (Lipinski definition) is 3. The second-order valence-corrected chi connectivity index (χ2v) is 3.94. The van der Waals surface area contributed by atoms with Gasteiger partial charge in [-0.3, -0.25) is 4.98 Å². The van der Waals surface area contributed by atoms with Crippen LogP contribution in [-0.2, 0) is 6.42 Å². The van der Waals surface area contributed by atoms with Gasteiger partial charge in [0, 0.05) is 25.0 Å². The van der Waals surface area contributed by atoms with Crippen molar-refractivity contribution in [3.05, 3.63) is 29.6 Å².